The van der Waals surface area contributed by atoms with E-state index in [0.717, 1.165) is 13.3 Å². The first-order chi connectivity index (χ1) is 8.38. The zero-order valence-corrected chi connectivity index (χ0v) is 11.2. The number of carbonyl (C=O) groups excluding carboxylic acids is 1. The molecule has 0 aliphatic heterocycles. The van der Waals surface area contributed by atoms with Crippen LogP contribution in [0.25, 0.3) is 0 Å². The highest BCUT2D eigenvalue weighted by Gasteiger charge is 2.28. The molecule has 9 heteroatoms. The topological polar surface area (TPSA) is 82.3 Å². The first-order valence-corrected chi connectivity index (χ1v) is 5.63. The molecule has 0 N–H and O–H groups in total. The molecule has 1 heterocycles. The molecule has 0 amide bonds. The van der Waals surface area contributed by atoms with Crippen LogP contribution in [0, 0.1) is 13.7 Å². The molecule has 0 saturated carbocycles. The van der Waals surface area contributed by atoms with Crippen molar-refractivity contribution < 1.29 is 23.2 Å². The van der Waals surface area contributed by atoms with Crippen molar-refractivity contribution in [2.75, 3.05) is 7.11 Å². The number of methoxy groups -OCH3 is 1. The quantitative estimate of drug-likeness (QED) is 0.351. The number of halogens is 3. The summed E-state index contributed by atoms with van der Waals surface area (Å²) in [5, 5.41) is 10.6. The summed E-state index contributed by atoms with van der Waals surface area (Å²) in [4.78, 5) is 24.4. The predicted molar refractivity (Wildman–Crippen MR) is 64.3 cm³/mol. The average molecular weight is 372 g/mol. The van der Waals surface area contributed by atoms with Gasteiger partial charge in [0.25, 0.3) is 12.1 Å². The first kappa shape index (κ1) is 14.7. The summed E-state index contributed by atoms with van der Waals surface area (Å²) in [5.41, 5.74) is -1.46. The van der Waals surface area contributed by atoms with E-state index in [-0.39, 0.29) is 15.7 Å². The molecule has 1 rings (SSSR count). The van der Waals surface area contributed by atoms with E-state index in [1.165, 1.54) is 22.6 Å². The Morgan fingerprint density at radius 2 is 2.28 bits per heavy atom. The Balaban J connectivity index is 3.30. The minimum Gasteiger partial charge on any atom is -0.469 e. The Bertz CT molecular complexity index is 496. The summed E-state index contributed by atoms with van der Waals surface area (Å²) in [6.45, 7) is 0. The van der Waals surface area contributed by atoms with Crippen molar-refractivity contribution in [2.24, 2.45) is 0 Å². The summed E-state index contributed by atoms with van der Waals surface area (Å²) in [7, 11) is 1.15. The van der Waals surface area contributed by atoms with Gasteiger partial charge in [0.1, 0.15) is 11.8 Å². The van der Waals surface area contributed by atoms with Crippen LogP contribution in [0.1, 0.15) is 17.7 Å². The third kappa shape index (κ3) is 3.09. The van der Waals surface area contributed by atoms with Gasteiger partial charge in [0, 0.05) is 0 Å². The lowest BCUT2D eigenvalue weighted by Gasteiger charge is -2.08. The molecule has 0 atom stereocenters. The molecule has 6 nitrogen and oxygen atoms in total. The van der Waals surface area contributed by atoms with E-state index in [2.05, 4.69) is 9.72 Å². The van der Waals surface area contributed by atoms with E-state index in [4.69, 9.17) is 0 Å². The molecule has 0 radical (unpaired) electrons. The molecule has 18 heavy (non-hydrogen) atoms. The molecule has 0 saturated heterocycles. The number of hydrogen-bond donors (Lipinski definition) is 0. The van der Waals surface area contributed by atoms with Gasteiger partial charge in [-0.1, -0.05) is 0 Å². The minimum atomic E-state index is -3.02. The Kier molecular flexibility index (Phi) is 4.87. The number of carbonyl (C=O) groups is 1. The third-order valence-corrected chi connectivity index (χ3v) is 3.27. The van der Waals surface area contributed by atoms with E-state index < -0.39 is 28.6 Å². The zero-order valence-electron chi connectivity index (χ0n) is 9.02. The highest BCUT2D eigenvalue weighted by Crippen LogP contribution is 2.33. The Labute approximate surface area is 114 Å². The number of esters is 1. The normalized spacial score (nSPS) is 10.5. The molecule has 0 bridgehead atoms. The SMILES string of the molecule is COC(=O)Cc1ncc([N+](=O)[O-])c(C(F)F)c1I. The molecular weight excluding hydrogens is 365 g/mol. The molecule has 98 valence electrons. The van der Waals surface area contributed by atoms with Crippen LogP contribution < -0.4 is 0 Å². The van der Waals surface area contributed by atoms with Crippen LogP contribution in [0.2, 0.25) is 0 Å². The Morgan fingerprint density at radius 3 is 2.72 bits per heavy atom. The van der Waals surface area contributed by atoms with Crippen molar-refractivity contribution in [3.8, 4) is 0 Å². The van der Waals surface area contributed by atoms with Gasteiger partial charge in [-0.05, 0) is 22.6 Å². The van der Waals surface area contributed by atoms with Crippen molar-refractivity contribution >= 4 is 34.2 Å². The predicted octanol–water partition coefficient (Wildman–Crippen LogP) is 2.25. The highest BCUT2D eigenvalue weighted by molar-refractivity contribution is 14.1. The second kappa shape index (κ2) is 5.98. The monoisotopic (exact) mass is 372 g/mol. The Hall–Kier alpha value is -1.39. The standard InChI is InChI=1S/C9H7F2IN2O4/c1-18-6(15)2-4-8(12)7(9(10)11)5(3-13-4)14(16)17/h3,9H,2H2,1H3. The number of pyridine rings is 1. The molecular formula is C9H7F2IN2O4. The van der Waals surface area contributed by atoms with Crippen LogP contribution in [0.3, 0.4) is 0 Å². The van der Waals surface area contributed by atoms with Crippen LogP contribution in [-0.2, 0) is 16.0 Å². The second-order valence-corrected chi connectivity index (χ2v) is 4.21. The summed E-state index contributed by atoms with van der Waals surface area (Å²) in [6.07, 6.45) is -2.61. The molecule has 1 aromatic heterocycles. The van der Waals surface area contributed by atoms with Crippen LogP contribution >= 0.6 is 22.6 Å². The van der Waals surface area contributed by atoms with E-state index in [1.807, 2.05) is 0 Å². The molecule has 0 aliphatic rings. The van der Waals surface area contributed by atoms with Gasteiger partial charge < -0.3 is 4.74 Å². The van der Waals surface area contributed by atoms with Crippen LogP contribution in [0.4, 0.5) is 14.5 Å². The second-order valence-electron chi connectivity index (χ2n) is 3.13. The van der Waals surface area contributed by atoms with E-state index in [0.29, 0.717) is 0 Å². The summed E-state index contributed by atoms with van der Waals surface area (Å²) in [6, 6.07) is 0. The lowest BCUT2D eigenvalue weighted by Crippen LogP contribution is -2.11. The van der Waals surface area contributed by atoms with Crippen molar-refractivity contribution in [3.05, 3.63) is 31.1 Å². The molecule has 0 aliphatic carbocycles. The summed E-state index contributed by atoms with van der Waals surface area (Å²) in [5.74, 6) is -0.658. The summed E-state index contributed by atoms with van der Waals surface area (Å²) >= 11 is 1.51. The van der Waals surface area contributed by atoms with Crippen LogP contribution in [0.5, 0.6) is 0 Å². The van der Waals surface area contributed by atoms with Crippen LogP contribution in [0.15, 0.2) is 6.20 Å². The van der Waals surface area contributed by atoms with Gasteiger partial charge in [-0.2, -0.15) is 0 Å². The highest BCUT2D eigenvalue weighted by atomic mass is 127. The maximum absolute atomic E-state index is 12.8. The maximum Gasteiger partial charge on any atom is 0.311 e. The molecule has 0 fully saturated rings. The summed E-state index contributed by atoms with van der Waals surface area (Å²) < 4.78 is 29.9. The average Bonchev–Trinajstić information content (AvgIpc) is 2.30. The fraction of sp³-hybridized carbons (Fsp3) is 0.333. The largest absolute Gasteiger partial charge is 0.469 e. The Morgan fingerprint density at radius 1 is 1.67 bits per heavy atom. The molecule has 0 spiro atoms. The van der Waals surface area contributed by atoms with Gasteiger partial charge in [-0.3, -0.25) is 19.9 Å². The zero-order chi connectivity index (χ0) is 13.9. The van der Waals surface area contributed by atoms with Gasteiger partial charge >= 0.3 is 5.97 Å². The maximum atomic E-state index is 12.8. The van der Waals surface area contributed by atoms with Crippen LogP contribution in [-0.4, -0.2) is 23.0 Å². The van der Waals surface area contributed by atoms with Crippen molar-refractivity contribution in [1.29, 1.82) is 0 Å². The number of nitrogens with zero attached hydrogens (tertiary/aromatic N) is 2. The fourth-order valence-corrected chi connectivity index (χ4v) is 2.06. The number of nitro groups is 1. The smallest absolute Gasteiger partial charge is 0.311 e. The molecule has 1 aromatic rings. The molecule has 0 unspecified atom stereocenters. The number of alkyl halides is 2. The van der Waals surface area contributed by atoms with E-state index >= 15 is 0 Å². The van der Waals surface area contributed by atoms with Gasteiger partial charge in [0.2, 0.25) is 0 Å². The fourth-order valence-electron chi connectivity index (χ4n) is 1.22. The number of hydrogen-bond acceptors (Lipinski definition) is 5. The van der Waals surface area contributed by atoms with Gasteiger partial charge in [0.05, 0.1) is 27.7 Å². The lowest BCUT2D eigenvalue weighted by molar-refractivity contribution is -0.386. The number of rotatable bonds is 4. The van der Waals surface area contributed by atoms with Crippen molar-refractivity contribution in [2.45, 2.75) is 12.8 Å². The molecule has 0 aromatic carbocycles. The third-order valence-electron chi connectivity index (χ3n) is 2.06. The minimum absolute atomic E-state index is 0.0309. The van der Waals surface area contributed by atoms with Gasteiger partial charge in [0.15, 0.2) is 0 Å². The van der Waals surface area contributed by atoms with Gasteiger partial charge in [-0.15, -0.1) is 0 Å². The number of aromatic nitrogens is 1. The lowest BCUT2D eigenvalue weighted by atomic mass is 10.1. The van der Waals surface area contributed by atoms with Gasteiger partial charge in [-0.25, -0.2) is 8.78 Å². The van der Waals surface area contributed by atoms with E-state index in [9.17, 15) is 23.7 Å². The number of ether oxygens (including phenoxy) is 1. The first-order valence-electron chi connectivity index (χ1n) is 4.55. The van der Waals surface area contributed by atoms with Crippen molar-refractivity contribution in [1.82, 2.24) is 4.98 Å². The van der Waals surface area contributed by atoms with E-state index in [1.54, 1.807) is 0 Å². The van der Waals surface area contributed by atoms with Crippen molar-refractivity contribution in [3.63, 3.8) is 0 Å².